The van der Waals surface area contributed by atoms with Gasteiger partial charge in [0.15, 0.2) is 4.77 Å². The van der Waals surface area contributed by atoms with Crippen LogP contribution in [0.3, 0.4) is 0 Å². The summed E-state index contributed by atoms with van der Waals surface area (Å²) in [5.74, 6) is 0.0312. The van der Waals surface area contributed by atoms with Gasteiger partial charge in [-0.25, -0.2) is 0 Å². The van der Waals surface area contributed by atoms with Crippen LogP contribution in [0.2, 0.25) is 0 Å². The third-order valence-corrected chi connectivity index (χ3v) is 3.63. The fourth-order valence-electron chi connectivity index (χ4n) is 2.04. The van der Waals surface area contributed by atoms with Crippen molar-refractivity contribution in [1.29, 1.82) is 0 Å². The lowest BCUT2D eigenvalue weighted by atomic mass is 10.1. The van der Waals surface area contributed by atoms with Crippen molar-refractivity contribution in [3.8, 4) is 0 Å². The number of hydrogen-bond acceptors (Lipinski definition) is 2. The van der Waals surface area contributed by atoms with Crippen molar-refractivity contribution in [2.45, 2.75) is 39.3 Å². The number of hydrogen-bond donors (Lipinski definition) is 2. The fourth-order valence-corrected chi connectivity index (χ4v) is 2.69. The van der Waals surface area contributed by atoms with Gasteiger partial charge >= 0.3 is 0 Å². The second kappa shape index (κ2) is 5.69. The van der Waals surface area contributed by atoms with E-state index in [0.717, 1.165) is 15.5 Å². The highest BCUT2D eigenvalue weighted by molar-refractivity contribution is 9.10. The van der Waals surface area contributed by atoms with Gasteiger partial charge in [0.1, 0.15) is 0 Å². The predicted octanol–water partition coefficient (Wildman–Crippen LogP) is 3.77. The van der Waals surface area contributed by atoms with Gasteiger partial charge in [0.25, 0.3) is 0 Å². The van der Waals surface area contributed by atoms with Gasteiger partial charge in [0.2, 0.25) is 5.91 Å². The largest absolute Gasteiger partial charge is 0.351 e. The summed E-state index contributed by atoms with van der Waals surface area (Å²) in [6.45, 7) is 6.48. The first kappa shape index (κ1) is 15.3. The van der Waals surface area contributed by atoms with E-state index >= 15 is 0 Å². The van der Waals surface area contributed by atoms with Gasteiger partial charge in [-0.3, -0.25) is 4.79 Å². The Bertz CT molecular complexity index is 696. The van der Waals surface area contributed by atoms with E-state index in [0.29, 0.717) is 17.7 Å². The van der Waals surface area contributed by atoms with Crippen molar-refractivity contribution in [3.05, 3.63) is 27.4 Å². The van der Waals surface area contributed by atoms with Crippen LogP contribution in [0.25, 0.3) is 11.0 Å². The van der Waals surface area contributed by atoms with Crippen LogP contribution in [-0.4, -0.2) is 21.0 Å². The summed E-state index contributed by atoms with van der Waals surface area (Å²) in [7, 11) is 0. The van der Waals surface area contributed by atoms with E-state index in [1.807, 2.05) is 43.5 Å². The van der Waals surface area contributed by atoms with Crippen LogP contribution < -0.4 is 5.32 Å². The molecule has 1 amide bonds. The first-order valence-electron chi connectivity index (χ1n) is 6.45. The topological polar surface area (TPSA) is 49.8 Å². The maximum absolute atomic E-state index is 11.9. The average molecular weight is 356 g/mol. The Labute approximate surface area is 131 Å². The first-order chi connectivity index (χ1) is 9.26. The van der Waals surface area contributed by atoms with Gasteiger partial charge in [-0.1, -0.05) is 15.9 Å². The van der Waals surface area contributed by atoms with E-state index in [9.17, 15) is 4.79 Å². The van der Waals surface area contributed by atoms with Crippen LogP contribution in [0.5, 0.6) is 0 Å². The number of nitrogens with zero attached hydrogens (tertiary/aromatic N) is 1. The van der Waals surface area contributed by atoms with Crippen molar-refractivity contribution in [3.63, 3.8) is 0 Å². The minimum atomic E-state index is -0.207. The third-order valence-electron chi connectivity index (χ3n) is 2.81. The lowest BCUT2D eigenvalue weighted by molar-refractivity contribution is -0.122. The minimum Gasteiger partial charge on any atom is -0.351 e. The van der Waals surface area contributed by atoms with Crippen LogP contribution in [0.1, 0.15) is 27.2 Å². The summed E-state index contributed by atoms with van der Waals surface area (Å²) in [6.07, 6.45) is 0.408. The molecular formula is C14H18BrN3OS. The highest BCUT2D eigenvalue weighted by atomic mass is 79.9. The molecule has 0 bridgehead atoms. The highest BCUT2D eigenvalue weighted by Crippen LogP contribution is 2.20. The smallest absolute Gasteiger partial charge is 0.222 e. The molecule has 2 rings (SSSR count). The quantitative estimate of drug-likeness (QED) is 0.823. The molecule has 0 fully saturated rings. The summed E-state index contributed by atoms with van der Waals surface area (Å²) in [4.78, 5) is 15.0. The molecule has 0 aliphatic heterocycles. The van der Waals surface area contributed by atoms with Crippen LogP contribution in [0, 0.1) is 4.77 Å². The average Bonchev–Trinajstić information content (AvgIpc) is 2.59. The highest BCUT2D eigenvalue weighted by Gasteiger charge is 2.14. The number of aryl methyl sites for hydroxylation is 1. The zero-order chi connectivity index (χ0) is 14.9. The summed E-state index contributed by atoms with van der Waals surface area (Å²) in [5, 5.41) is 2.95. The number of amides is 1. The molecule has 2 aromatic rings. The molecule has 1 heterocycles. The molecule has 108 valence electrons. The normalized spacial score (nSPS) is 11.8. The van der Waals surface area contributed by atoms with Crippen LogP contribution in [0.4, 0.5) is 0 Å². The Morgan fingerprint density at radius 2 is 2.15 bits per heavy atom. The molecule has 0 atom stereocenters. The molecule has 0 aliphatic carbocycles. The molecule has 1 aromatic carbocycles. The number of imidazole rings is 1. The Morgan fingerprint density at radius 3 is 2.80 bits per heavy atom. The molecule has 0 spiro atoms. The number of fused-ring (bicyclic) bond motifs is 1. The summed E-state index contributed by atoms with van der Waals surface area (Å²) in [6, 6.07) is 5.94. The second-order valence-electron chi connectivity index (χ2n) is 5.79. The molecule has 6 heteroatoms. The standard InChI is InChI=1S/C14H18BrN3OS/c1-14(2,3)17-12(19)6-7-18-11-8-9(15)4-5-10(11)16-13(18)20/h4-5,8H,6-7H2,1-3H3,(H,16,20)(H,17,19). The van der Waals surface area contributed by atoms with Crippen molar-refractivity contribution >= 4 is 45.1 Å². The Kier molecular flexibility index (Phi) is 4.34. The lowest BCUT2D eigenvalue weighted by Crippen LogP contribution is -2.40. The van der Waals surface area contributed by atoms with Crippen molar-refractivity contribution in [2.24, 2.45) is 0 Å². The Hall–Kier alpha value is -1.14. The molecule has 20 heavy (non-hydrogen) atoms. The number of aromatic amines is 1. The summed E-state index contributed by atoms with van der Waals surface area (Å²) in [5.41, 5.74) is 1.78. The Balaban J connectivity index is 2.18. The zero-order valence-corrected chi connectivity index (χ0v) is 14.2. The van der Waals surface area contributed by atoms with Crippen LogP contribution in [0.15, 0.2) is 22.7 Å². The van der Waals surface area contributed by atoms with Crippen LogP contribution in [-0.2, 0) is 11.3 Å². The number of nitrogens with one attached hydrogen (secondary N) is 2. The van der Waals surface area contributed by atoms with E-state index in [-0.39, 0.29) is 11.4 Å². The number of halogens is 1. The lowest BCUT2D eigenvalue weighted by Gasteiger charge is -2.20. The number of aromatic nitrogens is 2. The first-order valence-corrected chi connectivity index (χ1v) is 7.65. The molecule has 0 unspecified atom stereocenters. The maximum Gasteiger partial charge on any atom is 0.222 e. The predicted molar refractivity (Wildman–Crippen MR) is 87.3 cm³/mol. The minimum absolute atomic E-state index is 0.0312. The number of carbonyl (C=O) groups excluding carboxylic acids is 1. The van der Waals surface area contributed by atoms with E-state index in [2.05, 4.69) is 26.2 Å². The molecule has 0 saturated carbocycles. The molecular weight excluding hydrogens is 338 g/mol. The molecule has 1 aromatic heterocycles. The molecule has 2 N–H and O–H groups in total. The summed E-state index contributed by atoms with van der Waals surface area (Å²) < 4.78 is 3.59. The van der Waals surface area contributed by atoms with E-state index < -0.39 is 0 Å². The monoisotopic (exact) mass is 355 g/mol. The van der Waals surface area contributed by atoms with Gasteiger partial charge < -0.3 is 14.9 Å². The number of carbonyl (C=O) groups is 1. The summed E-state index contributed by atoms with van der Waals surface area (Å²) >= 11 is 8.77. The number of rotatable bonds is 3. The van der Waals surface area contributed by atoms with E-state index in [1.54, 1.807) is 0 Å². The second-order valence-corrected chi connectivity index (χ2v) is 7.09. The molecule has 0 aliphatic rings. The SMILES string of the molecule is CC(C)(C)NC(=O)CCn1c(=S)[nH]c2ccc(Br)cc21. The van der Waals surface area contributed by atoms with Crippen LogP contribution >= 0.6 is 28.1 Å². The maximum atomic E-state index is 11.9. The van der Waals surface area contributed by atoms with E-state index in [4.69, 9.17) is 12.2 Å². The van der Waals surface area contributed by atoms with Crippen molar-refractivity contribution in [2.75, 3.05) is 0 Å². The molecule has 0 saturated heterocycles. The Morgan fingerprint density at radius 1 is 1.45 bits per heavy atom. The van der Waals surface area contributed by atoms with Crippen molar-refractivity contribution in [1.82, 2.24) is 14.9 Å². The third kappa shape index (κ3) is 3.70. The van der Waals surface area contributed by atoms with Gasteiger partial charge in [-0.2, -0.15) is 0 Å². The van der Waals surface area contributed by atoms with Crippen molar-refractivity contribution < 1.29 is 4.79 Å². The number of benzene rings is 1. The molecule has 0 radical (unpaired) electrons. The van der Waals surface area contributed by atoms with E-state index in [1.165, 1.54) is 0 Å². The van der Waals surface area contributed by atoms with Gasteiger partial charge in [-0.05, 0) is 51.2 Å². The van der Waals surface area contributed by atoms with Gasteiger partial charge in [0, 0.05) is 23.0 Å². The fraction of sp³-hybridized carbons (Fsp3) is 0.429. The zero-order valence-electron chi connectivity index (χ0n) is 11.8. The van der Waals surface area contributed by atoms with Gasteiger partial charge in [0.05, 0.1) is 11.0 Å². The molecule has 4 nitrogen and oxygen atoms in total. The van der Waals surface area contributed by atoms with Gasteiger partial charge in [-0.15, -0.1) is 0 Å². The number of H-pyrrole nitrogens is 1.